The maximum Gasteiger partial charge on any atom is 0.0254 e. The van der Waals surface area contributed by atoms with Crippen molar-refractivity contribution in [3.8, 4) is 0 Å². The van der Waals surface area contributed by atoms with Crippen LogP contribution < -0.4 is 5.32 Å². The molecule has 0 aliphatic carbocycles. The van der Waals surface area contributed by atoms with Crippen molar-refractivity contribution in [3.05, 3.63) is 0 Å². The Morgan fingerprint density at radius 2 is 1.94 bits per heavy atom. The van der Waals surface area contributed by atoms with E-state index in [-0.39, 0.29) is 0 Å². The van der Waals surface area contributed by atoms with Crippen molar-refractivity contribution < 1.29 is 0 Å². The molecule has 0 aromatic carbocycles. The number of likely N-dealkylation sites (tertiary alicyclic amines) is 1. The predicted octanol–water partition coefficient (Wildman–Crippen LogP) is 1.01. The van der Waals surface area contributed by atoms with Gasteiger partial charge in [0.25, 0.3) is 0 Å². The zero-order chi connectivity index (χ0) is 11.5. The molecular formula is C13H27N3. The highest BCUT2D eigenvalue weighted by Gasteiger charge is 2.34. The Morgan fingerprint density at radius 1 is 1.12 bits per heavy atom. The molecule has 0 radical (unpaired) electrons. The molecule has 0 aromatic rings. The van der Waals surface area contributed by atoms with Crippen LogP contribution in [0.3, 0.4) is 0 Å². The van der Waals surface area contributed by atoms with Crippen molar-refractivity contribution >= 4 is 0 Å². The molecule has 0 saturated carbocycles. The third-order valence-corrected chi connectivity index (χ3v) is 4.33. The van der Waals surface area contributed by atoms with Gasteiger partial charge in [0.05, 0.1) is 0 Å². The van der Waals surface area contributed by atoms with Gasteiger partial charge in [-0.3, -0.25) is 4.90 Å². The second-order valence-corrected chi connectivity index (χ2v) is 5.80. The summed E-state index contributed by atoms with van der Waals surface area (Å²) in [5, 5.41) is 3.51. The zero-order valence-electron chi connectivity index (χ0n) is 11.1. The lowest BCUT2D eigenvalue weighted by Gasteiger charge is -2.27. The summed E-state index contributed by atoms with van der Waals surface area (Å²) in [5.41, 5.74) is 0. The first kappa shape index (κ1) is 12.3. The van der Waals surface area contributed by atoms with Crippen molar-refractivity contribution in [3.63, 3.8) is 0 Å². The fraction of sp³-hybridized carbons (Fsp3) is 1.00. The average Bonchev–Trinajstić information content (AvgIpc) is 2.50. The number of rotatable bonds is 2. The Hall–Kier alpha value is -0.120. The van der Waals surface area contributed by atoms with Crippen molar-refractivity contribution in [2.75, 3.05) is 40.3 Å². The summed E-state index contributed by atoms with van der Waals surface area (Å²) in [6.45, 7) is 7.41. The molecule has 16 heavy (non-hydrogen) atoms. The molecule has 2 fully saturated rings. The third-order valence-electron chi connectivity index (χ3n) is 4.33. The fourth-order valence-electron chi connectivity index (χ4n) is 3.32. The van der Waals surface area contributed by atoms with Gasteiger partial charge in [0.2, 0.25) is 0 Å². The van der Waals surface area contributed by atoms with Crippen molar-refractivity contribution in [1.82, 2.24) is 15.1 Å². The van der Waals surface area contributed by atoms with Gasteiger partial charge in [-0.25, -0.2) is 0 Å². The number of nitrogens with zero attached hydrogens (tertiary/aromatic N) is 2. The minimum Gasteiger partial charge on any atom is -0.317 e. The van der Waals surface area contributed by atoms with E-state index in [4.69, 9.17) is 0 Å². The lowest BCUT2D eigenvalue weighted by atomic mass is 10.1. The molecule has 0 spiro atoms. The molecule has 1 N–H and O–H groups in total. The second-order valence-electron chi connectivity index (χ2n) is 5.80. The number of hydrogen-bond donors (Lipinski definition) is 1. The molecular weight excluding hydrogens is 198 g/mol. The van der Waals surface area contributed by atoms with E-state index in [9.17, 15) is 0 Å². The standard InChI is InChI=1S/C13H27N3/c1-11-9-16(10-13(11)15(2)3)12-5-4-7-14-8-6-12/h11-14H,4-10H2,1-3H3. The number of hydrogen-bond acceptors (Lipinski definition) is 3. The minimum atomic E-state index is 0.760. The Morgan fingerprint density at radius 3 is 2.62 bits per heavy atom. The Bertz CT molecular complexity index is 209. The van der Waals surface area contributed by atoms with Gasteiger partial charge in [-0.2, -0.15) is 0 Å². The van der Waals surface area contributed by atoms with Crippen LogP contribution >= 0.6 is 0 Å². The van der Waals surface area contributed by atoms with Crippen LogP contribution in [-0.4, -0.2) is 62.2 Å². The summed E-state index contributed by atoms with van der Waals surface area (Å²) in [6.07, 6.45) is 4.08. The highest BCUT2D eigenvalue weighted by molar-refractivity contribution is 4.90. The van der Waals surface area contributed by atoms with Crippen LogP contribution in [-0.2, 0) is 0 Å². The summed E-state index contributed by atoms with van der Waals surface area (Å²) >= 11 is 0. The third kappa shape index (κ3) is 2.76. The smallest absolute Gasteiger partial charge is 0.0254 e. The van der Waals surface area contributed by atoms with Crippen LogP contribution in [0.2, 0.25) is 0 Å². The number of likely N-dealkylation sites (N-methyl/N-ethyl adjacent to an activating group) is 1. The minimum absolute atomic E-state index is 0.760. The summed E-state index contributed by atoms with van der Waals surface area (Å²) in [4.78, 5) is 5.14. The molecule has 3 nitrogen and oxygen atoms in total. The molecule has 2 heterocycles. The van der Waals surface area contributed by atoms with Gasteiger partial charge in [-0.05, 0) is 52.4 Å². The summed E-state index contributed by atoms with van der Waals surface area (Å²) in [5.74, 6) is 0.825. The van der Waals surface area contributed by atoms with Crippen LogP contribution in [0.1, 0.15) is 26.2 Å². The summed E-state index contributed by atoms with van der Waals surface area (Å²) < 4.78 is 0. The van der Waals surface area contributed by atoms with Crippen LogP contribution in [0.5, 0.6) is 0 Å². The van der Waals surface area contributed by atoms with Gasteiger partial charge in [0.1, 0.15) is 0 Å². The van der Waals surface area contributed by atoms with E-state index in [1.807, 2.05) is 0 Å². The van der Waals surface area contributed by atoms with Gasteiger partial charge >= 0.3 is 0 Å². The lowest BCUT2D eigenvalue weighted by Crippen LogP contribution is -2.38. The summed E-state index contributed by atoms with van der Waals surface area (Å²) in [7, 11) is 4.44. The van der Waals surface area contributed by atoms with Gasteiger partial charge in [0.15, 0.2) is 0 Å². The maximum absolute atomic E-state index is 3.51. The topological polar surface area (TPSA) is 18.5 Å². The molecule has 2 saturated heterocycles. The molecule has 94 valence electrons. The molecule has 2 aliphatic rings. The van der Waals surface area contributed by atoms with Crippen molar-refractivity contribution in [2.24, 2.45) is 5.92 Å². The van der Waals surface area contributed by atoms with Gasteiger partial charge < -0.3 is 10.2 Å². The molecule has 0 bridgehead atoms. The van der Waals surface area contributed by atoms with E-state index in [1.54, 1.807) is 0 Å². The Balaban J connectivity index is 1.90. The maximum atomic E-state index is 3.51. The SMILES string of the molecule is CC1CN(C2CCCNCC2)CC1N(C)C. The van der Waals surface area contributed by atoms with Crippen molar-refractivity contribution in [2.45, 2.75) is 38.3 Å². The molecule has 2 rings (SSSR count). The van der Waals surface area contributed by atoms with Crippen LogP contribution in [0.15, 0.2) is 0 Å². The molecule has 3 heteroatoms. The van der Waals surface area contributed by atoms with Gasteiger partial charge in [-0.1, -0.05) is 6.92 Å². The second kappa shape index (κ2) is 5.48. The van der Waals surface area contributed by atoms with Crippen LogP contribution in [0, 0.1) is 5.92 Å². The largest absolute Gasteiger partial charge is 0.317 e. The fourth-order valence-corrected chi connectivity index (χ4v) is 3.32. The van der Waals surface area contributed by atoms with E-state index in [1.165, 1.54) is 45.4 Å². The highest BCUT2D eigenvalue weighted by Crippen LogP contribution is 2.25. The first-order valence-corrected chi connectivity index (χ1v) is 6.79. The normalized spacial score (nSPS) is 37.9. The lowest BCUT2D eigenvalue weighted by molar-refractivity contribution is 0.202. The van der Waals surface area contributed by atoms with Crippen LogP contribution in [0.25, 0.3) is 0 Å². The first-order chi connectivity index (χ1) is 7.68. The molecule has 2 aliphatic heterocycles. The predicted molar refractivity (Wildman–Crippen MR) is 68.7 cm³/mol. The quantitative estimate of drug-likeness (QED) is 0.757. The van der Waals surface area contributed by atoms with E-state index >= 15 is 0 Å². The molecule has 0 amide bonds. The summed E-state index contributed by atoms with van der Waals surface area (Å²) in [6, 6.07) is 1.60. The van der Waals surface area contributed by atoms with E-state index in [0.717, 1.165) is 18.0 Å². The van der Waals surface area contributed by atoms with Crippen molar-refractivity contribution in [1.29, 1.82) is 0 Å². The first-order valence-electron chi connectivity index (χ1n) is 6.79. The van der Waals surface area contributed by atoms with Gasteiger partial charge in [-0.15, -0.1) is 0 Å². The van der Waals surface area contributed by atoms with E-state index in [2.05, 4.69) is 36.1 Å². The Kier molecular flexibility index (Phi) is 4.22. The molecule has 3 unspecified atom stereocenters. The monoisotopic (exact) mass is 225 g/mol. The number of nitrogens with one attached hydrogen (secondary N) is 1. The van der Waals surface area contributed by atoms with E-state index in [0.29, 0.717) is 0 Å². The zero-order valence-corrected chi connectivity index (χ0v) is 11.1. The average molecular weight is 225 g/mol. The van der Waals surface area contributed by atoms with Gasteiger partial charge in [0, 0.05) is 25.2 Å². The molecule has 0 aromatic heterocycles. The molecule has 3 atom stereocenters. The Labute approximate surface area is 100 Å². The van der Waals surface area contributed by atoms with Crippen LogP contribution in [0.4, 0.5) is 0 Å². The van der Waals surface area contributed by atoms with E-state index < -0.39 is 0 Å². The highest BCUT2D eigenvalue weighted by atomic mass is 15.3.